The average Bonchev–Trinajstić information content (AvgIpc) is 2.76. The van der Waals surface area contributed by atoms with E-state index in [1.807, 2.05) is 17.6 Å². The Morgan fingerprint density at radius 1 is 1.30 bits per heavy atom. The number of hydrogen-bond donors (Lipinski definition) is 1. The van der Waals surface area contributed by atoms with Crippen LogP contribution in [0.15, 0.2) is 36.5 Å². The molecular formula is C18H17FN2O2. The molecular weight excluding hydrogens is 295 g/mol. The van der Waals surface area contributed by atoms with Crippen LogP contribution in [0.2, 0.25) is 0 Å². The molecule has 0 aliphatic heterocycles. The highest BCUT2D eigenvalue weighted by Gasteiger charge is 2.17. The van der Waals surface area contributed by atoms with Gasteiger partial charge < -0.3 is 9.67 Å². The Balaban J connectivity index is 2.11. The summed E-state index contributed by atoms with van der Waals surface area (Å²) in [7, 11) is 0. The smallest absolute Gasteiger partial charge is 0.307 e. The molecule has 0 atom stereocenters. The first-order chi connectivity index (χ1) is 11.0. The van der Waals surface area contributed by atoms with Crippen LogP contribution < -0.4 is 0 Å². The molecule has 1 N–H and O–H groups in total. The van der Waals surface area contributed by atoms with Crippen molar-refractivity contribution < 1.29 is 14.3 Å². The van der Waals surface area contributed by atoms with Crippen LogP contribution in [0.3, 0.4) is 0 Å². The van der Waals surface area contributed by atoms with E-state index in [0.29, 0.717) is 12.1 Å². The molecule has 0 saturated heterocycles. The number of rotatable bonds is 4. The fourth-order valence-corrected chi connectivity index (χ4v) is 2.92. The maximum absolute atomic E-state index is 13.4. The Bertz CT molecular complexity index is 899. The van der Waals surface area contributed by atoms with Crippen molar-refractivity contribution in [3.05, 3.63) is 64.7 Å². The summed E-state index contributed by atoms with van der Waals surface area (Å²) in [6.07, 6.45) is 1.65. The van der Waals surface area contributed by atoms with Gasteiger partial charge in [-0.2, -0.15) is 0 Å². The summed E-state index contributed by atoms with van der Waals surface area (Å²) >= 11 is 0. The number of fused-ring (bicyclic) bond motifs is 1. The minimum atomic E-state index is -0.867. The lowest BCUT2D eigenvalue weighted by Gasteiger charge is -2.09. The lowest BCUT2D eigenvalue weighted by Crippen LogP contribution is -2.05. The SMILES string of the molecule is Cc1cc(Cn2c(C)c(CC(=O)O)c3cccnc32)ccc1F. The number of hydrogen-bond acceptors (Lipinski definition) is 2. The first-order valence-electron chi connectivity index (χ1n) is 7.37. The average molecular weight is 312 g/mol. The van der Waals surface area contributed by atoms with Crippen molar-refractivity contribution in [2.24, 2.45) is 0 Å². The quantitative estimate of drug-likeness (QED) is 0.802. The highest BCUT2D eigenvalue weighted by molar-refractivity contribution is 5.86. The zero-order chi connectivity index (χ0) is 16.6. The van der Waals surface area contributed by atoms with E-state index in [4.69, 9.17) is 5.11 Å². The molecule has 0 unspecified atom stereocenters. The number of carboxylic acid groups (broad SMARTS) is 1. The molecule has 2 heterocycles. The zero-order valence-corrected chi connectivity index (χ0v) is 13.0. The fraction of sp³-hybridized carbons (Fsp3) is 0.222. The monoisotopic (exact) mass is 312 g/mol. The van der Waals surface area contributed by atoms with E-state index in [9.17, 15) is 9.18 Å². The number of halogens is 1. The van der Waals surface area contributed by atoms with Gasteiger partial charge in [-0.1, -0.05) is 12.1 Å². The second kappa shape index (κ2) is 5.83. The predicted octanol–water partition coefficient (Wildman–Crippen LogP) is 3.47. The predicted molar refractivity (Wildman–Crippen MR) is 86.0 cm³/mol. The van der Waals surface area contributed by atoms with E-state index in [1.165, 1.54) is 6.07 Å². The number of pyridine rings is 1. The number of aryl methyl sites for hydroxylation is 1. The van der Waals surface area contributed by atoms with Gasteiger partial charge in [-0.25, -0.2) is 9.37 Å². The Kier molecular flexibility index (Phi) is 3.86. The van der Waals surface area contributed by atoms with Crippen LogP contribution in [0.4, 0.5) is 4.39 Å². The Hall–Kier alpha value is -2.69. The van der Waals surface area contributed by atoms with Gasteiger partial charge in [-0.3, -0.25) is 4.79 Å². The fourth-order valence-electron chi connectivity index (χ4n) is 2.92. The highest BCUT2D eigenvalue weighted by atomic mass is 19.1. The van der Waals surface area contributed by atoms with E-state index in [2.05, 4.69) is 4.98 Å². The highest BCUT2D eigenvalue weighted by Crippen LogP contribution is 2.26. The Morgan fingerprint density at radius 2 is 2.09 bits per heavy atom. The van der Waals surface area contributed by atoms with Crippen LogP contribution >= 0.6 is 0 Å². The van der Waals surface area contributed by atoms with E-state index in [-0.39, 0.29) is 12.2 Å². The second-order valence-corrected chi connectivity index (χ2v) is 5.68. The molecule has 0 bridgehead atoms. The number of aliphatic carboxylic acids is 1. The molecule has 23 heavy (non-hydrogen) atoms. The van der Waals surface area contributed by atoms with Gasteiger partial charge in [0.05, 0.1) is 6.42 Å². The minimum absolute atomic E-state index is 0.0382. The van der Waals surface area contributed by atoms with Crippen molar-refractivity contribution >= 4 is 17.0 Å². The zero-order valence-electron chi connectivity index (χ0n) is 13.0. The number of carbonyl (C=O) groups is 1. The second-order valence-electron chi connectivity index (χ2n) is 5.68. The molecule has 3 aromatic rings. The van der Waals surface area contributed by atoms with Crippen molar-refractivity contribution in [2.45, 2.75) is 26.8 Å². The van der Waals surface area contributed by atoms with Crippen LogP contribution in [0.25, 0.3) is 11.0 Å². The molecule has 0 aliphatic carbocycles. The van der Waals surface area contributed by atoms with E-state index in [0.717, 1.165) is 27.9 Å². The topological polar surface area (TPSA) is 55.1 Å². The molecule has 0 radical (unpaired) electrons. The summed E-state index contributed by atoms with van der Waals surface area (Å²) in [5.74, 6) is -1.10. The Labute approximate surface area is 133 Å². The molecule has 0 amide bonds. The van der Waals surface area contributed by atoms with Gasteiger partial charge in [0.15, 0.2) is 0 Å². The van der Waals surface area contributed by atoms with Gasteiger partial charge in [0, 0.05) is 23.8 Å². The van der Waals surface area contributed by atoms with E-state index in [1.54, 1.807) is 31.3 Å². The first-order valence-corrected chi connectivity index (χ1v) is 7.37. The molecule has 118 valence electrons. The standard InChI is InChI=1S/C18H17FN2O2/c1-11-8-13(5-6-16(11)19)10-21-12(2)15(9-17(22)23)14-4-3-7-20-18(14)21/h3-8H,9-10H2,1-2H3,(H,22,23). The van der Waals surface area contributed by atoms with Gasteiger partial charge in [0.2, 0.25) is 0 Å². The van der Waals surface area contributed by atoms with Crippen molar-refractivity contribution in [1.29, 1.82) is 0 Å². The Morgan fingerprint density at radius 3 is 2.78 bits per heavy atom. The minimum Gasteiger partial charge on any atom is -0.481 e. The van der Waals surface area contributed by atoms with E-state index < -0.39 is 5.97 Å². The number of benzene rings is 1. The first kappa shape index (κ1) is 15.2. The normalized spacial score (nSPS) is 11.1. The molecule has 2 aromatic heterocycles. The molecule has 3 rings (SSSR count). The maximum Gasteiger partial charge on any atom is 0.307 e. The molecule has 0 spiro atoms. The summed E-state index contributed by atoms with van der Waals surface area (Å²) in [6.45, 7) is 4.16. The summed E-state index contributed by atoms with van der Waals surface area (Å²) in [5, 5.41) is 10.00. The largest absolute Gasteiger partial charge is 0.481 e. The third-order valence-electron chi connectivity index (χ3n) is 4.10. The summed E-state index contributed by atoms with van der Waals surface area (Å²) in [4.78, 5) is 15.5. The molecule has 0 aliphatic rings. The molecule has 5 heteroatoms. The third kappa shape index (κ3) is 2.82. The van der Waals surface area contributed by atoms with Crippen LogP contribution in [-0.4, -0.2) is 20.6 Å². The molecule has 0 fully saturated rings. The number of nitrogens with zero attached hydrogens (tertiary/aromatic N) is 2. The van der Waals surface area contributed by atoms with Crippen LogP contribution in [0.5, 0.6) is 0 Å². The third-order valence-corrected chi connectivity index (χ3v) is 4.10. The lowest BCUT2D eigenvalue weighted by molar-refractivity contribution is -0.136. The van der Waals surface area contributed by atoms with Gasteiger partial charge in [0.1, 0.15) is 11.5 Å². The number of carboxylic acids is 1. The van der Waals surface area contributed by atoms with Crippen molar-refractivity contribution in [1.82, 2.24) is 9.55 Å². The lowest BCUT2D eigenvalue weighted by atomic mass is 10.1. The van der Waals surface area contributed by atoms with Crippen molar-refractivity contribution in [3.63, 3.8) is 0 Å². The van der Waals surface area contributed by atoms with Gasteiger partial charge in [-0.05, 0) is 48.7 Å². The summed E-state index contributed by atoms with van der Waals surface area (Å²) in [6, 6.07) is 8.70. The molecule has 0 saturated carbocycles. The maximum atomic E-state index is 13.4. The van der Waals surface area contributed by atoms with Crippen LogP contribution in [0, 0.1) is 19.7 Å². The molecule has 4 nitrogen and oxygen atoms in total. The summed E-state index contributed by atoms with van der Waals surface area (Å²) in [5.41, 5.74) is 3.96. The van der Waals surface area contributed by atoms with Crippen molar-refractivity contribution in [3.8, 4) is 0 Å². The van der Waals surface area contributed by atoms with Gasteiger partial charge >= 0.3 is 5.97 Å². The summed E-state index contributed by atoms with van der Waals surface area (Å²) < 4.78 is 15.4. The number of aromatic nitrogens is 2. The van der Waals surface area contributed by atoms with Crippen LogP contribution in [0.1, 0.15) is 22.4 Å². The van der Waals surface area contributed by atoms with Crippen molar-refractivity contribution in [2.75, 3.05) is 0 Å². The van der Waals surface area contributed by atoms with Crippen LogP contribution in [-0.2, 0) is 17.8 Å². The van der Waals surface area contributed by atoms with Gasteiger partial charge in [-0.15, -0.1) is 0 Å². The van der Waals surface area contributed by atoms with Gasteiger partial charge in [0.25, 0.3) is 0 Å². The molecule has 1 aromatic carbocycles. The van der Waals surface area contributed by atoms with E-state index >= 15 is 0 Å².